The van der Waals surface area contributed by atoms with Crippen LogP contribution in [0, 0.1) is 0 Å². The second-order valence-electron chi connectivity index (χ2n) is 12.3. The molecule has 0 bridgehead atoms. The van der Waals surface area contributed by atoms with Gasteiger partial charge in [-0.1, -0.05) is 101 Å². The van der Waals surface area contributed by atoms with Gasteiger partial charge in [0.25, 0.3) is 0 Å². The lowest BCUT2D eigenvalue weighted by atomic mass is 10.1. The summed E-state index contributed by atoms with van der Waals surface area (Å²) in [4.78, 5) is 51.7. The highest BCUT2D eigenvalue weighted by atomic mass is 16.6. The number of amides is 3. The zero-order chi connectivity index (χ0) is 31.9. The molecule has 1 rings (SSSR count). The summed E-state index contributed by atoms with van der Waals surface area (Å²) in [6.07, 6.45) is 13.1. The minimum Gasteiger partial charge on any atom is -0.461 e. The second kappa shape index (κ2) is 22.4. The van der Waals surface area contributed by atoms with Gasteiger partial charge in [-0.2, -0.15) is 0 Å². The zero-order valence-corrected chi connectivity index (χ0v) is 27.2. The molecule has 9 heteroatoms. The fourth-order valence-electron chi connectivity index (χ4n) is 4.73. The molecule has 3 N–H and O–H groups in total. The Labute approximate surface area is 259 Å². The topological polar surface area (TPSA) is 128 Å². The third-order valence-electron chi connectivity index (χ3n) is 7.08. The Morgan fingerprint density at radius 1 is 0.814 bits per heavy atom. The number of benzene rings is 1. The van der Waals surface area contributed by atoms with Crippen LogP contribution in [0.5, 0.6) is 0 Å². The van der Waals surface area contributed by atoms with E-state index in [0.29, 0.717) is 13.0 Å². The van der Waals surface area contributed by atoms with Crippen molar-refractivity contribution in [3.05, 3.63) is 35.9 Å². The molecule has 9 nitrogen and oxygen atoms in total. The Morgan fingerprint density at radius 3 is 1.95 bits per heavy atom. The molecular weight excluding hydrogens is 546 g/mol. The minimum absolute atomic E-state index is 0.0364. The molecule has 0 saturated heterocycles. The fraction of sp³-hybridized carbons (Fsp3) is 0.706. The number of rotatable bonds is 23. The van der Waals surface area contributed by atoms with Gasteiger partial charge in [-0.15, -0.1) is 0 Å². The van der Waals surface area contributed by atoms with Crippen LogP contribution in [0.4, 0.5) is 4.79 Å². The number of carbonyl (C=O) groups excluding carboxylic acids is 4. The van der Waals surface area contributed by atoms with Crippen molar-refractivity contribution >= 4 is 23.9 Å². The number of nitrogens with two attached hydrogens (primary N) is 1. The van der Waals surface area contributed by atoms with E-state index in [9.17, 15) is 19.2 Å². The summed E-state index contributed by atoms with van der Waals surface area (Å²) in [5.41, 5.74) is 5.55. The molecule has 1 aromatic rings. The summed E-state index contributed by atoms with van der Waals surface area (Å²) >= 11 is 0. The molecule has 0 unspecified atom stereocenters. The summed E-state index contributed by atoms with van der Waals surface area (Å²) in [5.74, 6) is -1.18. The van der Waals surface area contributed by atoms with Gasteiger partial charge in [0.1, 0.15) is 18.2 Å². The molecule has 0 spiro atoms. The number of hydrogen-bond donors (Lipinski definition) is 2. The van der Waals surface area contributed by atoms with Crippen molar-refractivity contribution in [1.82, 2.24) is 10.2 Å². The highest BCUT2D eigenvalue weighted by molar-refractivity contribution is 5.86. The average molecular weight is 604 g/mol. The van der Waals surface area contributed by atoms with Crippen LogP contribution < -0.4 is 11.1 Å². The van der Waals surface area contributed by atoms with Gasteiger partial charge in [0, 0.05) is 25.9 Å². The standard InChI is InChI=1S/C34H57N3O6/c1-5-6-7-8-9-10-11-12-13-14-18-25-37(26-24-30(35)38)32(40)29(36-33(41)43-34(2,3)4)22-19-23-31(39)42-27-28-20-16-15-17-21-28/h15-17,20-21,29H,5-14,18-19,22-27H2,1-4H3,(H2,35,38)(H,36,41)/t29-/m0/s1. The largest absolute Gasteiger partial charge is 0.461 e. The van der Waals surface area contributed by atoms with Crippen LogP contribution in [-0.2, 0) is 30.5 Å². The summed E-state index contributed by atoms with van der Waals surface area (Å²) in [5, 5.41) is 2.70. The summed E-state index contributed by atoms with van der Waals surface area (Å²) in [6.45, 7) is 8.30. The number of esters is 1. The molecule has 0 aromatic heterocycles. The van der Waals surface area contributed by atoms with Gasteiger partial charge in [-0.05, 0) is 45.6 Å². The number of primary amides is 1. The monoisotopic (exact) mass is 603 g/mol. The third kappa shape index (κ3) is 20.4. The maximum absolute atomic E-state index is 13.6. The van der Waals surface area contributed by atoms with E-state index in [0.717, 1.165) is 24.8 Å². The zero-order valence-electron chi connectivity index (χ0n) is 27.2. The van der Waals surface area contributed by atoms with Crippen LogP contribution in [0.1, 0.15) is 130 Å². The Morgan fingerprint density at radius 2 is 1.40 bits per heavy atom. The molecule has 0 radical (unpaired) electrons. The minimum atomic E-state index is -0.905. The second-order valence-corrected chi connectivity index (χ2v) is 12.3. The molecular formula is C34H57N3O6. The van der Waals surface area contributed by atoms with Crippen molar-refractivity contribution in [2.24, 2.45) is 5.73 Å². The Balaban J connectivity index is 2.67. The number of alkyl carbamates (subject to hydrolysis) is 1. The highest BCUT2D eigenvalue weighted by Crippen LogP contribution is 2.14. The molecule has 1 atom stereocenters. The van der Waals surface area contributed by atoms with Crippen molar-refractivity contribution < 1.29 is 28.7 Å². The van der Waals surface area contributed by atoms with Gasteiger partial charge in [0.15, 0.2) is 0 Å². The van der Waals surface area contributed by atoms with E-state index < -0.39 is 23.6 Å². The number of carbonyl (C=O) groups is 4. The molecule has 43 heavy (non-hydrogen) atoms. The van der Waals surface area contributed by atoms with Gasteiger partial charge >= 0.3 is 12.1 Å². The normalized spacial score (nSPS) is 11.9. The Bertz CT molecular complexity index is 932. The first-order chi connectivity index (χ1) is 20.5. The number of hydrogen-bond acceptors (Lipinski definition) is 6. The predicted octanol–water partition coefficient (Wildman–Crippen LogP) is 6.81. The van der Waals surface area contributed by atoms with Crippen LogP contribution in [-0.4, -0.2) is 53.5 Å². The Hall–Kier alpha value is -3.10. The molecule has 0 fully saturated rings. The van der Waals surface area contributed by atoms with Crippen molar-refractivity contribution in [3.8, 4) is 0 Å². The molecule has 0 aliphatic heterocycles. The lowest BCUT2D eigenvalue weighted by Crippen LogP contribution is -2.50. The van der Waals surface area contributed by atoms with Gasteiger partial charge in [0.05, 0.1) is 0 Å². The lowest BCUT2D eigenvalue weighted by Gasteiger charge is -2.29. The number of nitrogens with zero attached hydrogens (tertiary/aromatic N) is 1. The molecule has 1 aromatic carbocycles. The van der Waals surface area contributed by atoms with Gasteiger partial charge < -0.3 is 25.4 Å². The molecule has 244 valence electrons. The summed E-state index contributed by atoms with van der Waals surface area (Å²) < 4.78 is 10.8. The van der Waals surface area contributed by atoms with Gasteiger partial charge in [-0.25, -0.2) is 4.79 Å². The maximum atomic E-state index is 13.6. The van der Waals surface area contributed by atoms with Crippen LogP contribution in [0.25, 0.3) is 0 Å². The van der Waals surface area contributed by atoms with E-state index in [-0.39, 0.29) is 44.3 Å². The van der Waals surface area contributed by atoms with Crippen molar-refractivity contribution in [1.29, 1.82) is 0 Å². The average Bonchev–Trinajstić information content (AvgIpc) is 2.95. The van der Waals surface area contributed by atoms with Crippen LogP contribution >= 0.6 is 0 Å². The Kier molecular flexibility index (Phi) is 19.8. The van der Waals surface area contributed by atoms with E-state index in [1.807, 2.05) is 30.3 Å². The van der Waals surface area contributed by atoms with Crippen LogP contribution in [0.3, 0.4) is 0 Å². The molecule has 0 heterocycles. The summed E-state index contributed by atoms with van der Waals surface area (Å²) in [6, 6.07) is 8.50. The smallest absolute Gasteiger partial charge is 0.408 e. The lowest BCUT2D eigenvalue weighted by molar-refractivity contribution is -0.145. The number of ether oxygens (including phenoxy) is 2. The van der Waals surface area contributed by atoms with Crippen LogP contribution in [0.2, 0.25) is 0 Å². The molecule has 0 saturated carbocycles. The first-order valence-corrected chi connectivity index (χ1v) is 16.3. The van der Waals surface area contributed by atoms with Gasteiger partial charge in [-0.3, -0.25) is 14.4 Å². The van der Waals surface area contributed by atoms with Crippen molar-refractivity contribution in [2.75, 3.05) is 13.1 Å². The fourth-order valence-corrected chi connectivity index (χ4v) is 4.73. The number of nitrogens with one attached hydrogen (secondary N) is 1. The first-order valence-electron chi connectivity index (χ1n) is 16.3. The van der Waals surface area contributed by atoms with E-state index in [1.54, 1.807) is 25.7 Å². The highest BCUT2D eigenvalue weighted by Gasteiger charge is 2.28. The predicted molar refractivity (Wildman–Crippen MR) is 170 cm³/mol. The van der Waals surface area contributed by atoms with E-state index >= 15 is 0 Å². The van der Waals surface area contributed by atoms with E-state index in [4.69, 9.17) is 15.2 Å². The quantitative estimate of drug-likeness (QED) is 0.104. The maximum Gasteiger partial charge on any atom is 0.408 e. The van der Waals surface area contributed by atoms with Crippen molar-refractivity contribution in [3.63, 3.8) is 0 Å². The molecule has 3 amide bonds. The third-order valence-corrected chi connectivity index (χ3v) is 7.08. The first kappa shape index (κ1) is 37.9. The van der Waals surface area contributed by atoms with Crippen molar-refractivity contribution in [2.45, 2.75) is 142 Å². The SMILES string of the molecule is CCCCCCCCCCCCCN(CCC(N)=O)C(=O)[C@H](CCCC(=O)OCc1ccccc1)NC(=O)OC(C)(C)C. The molecule has 0 aliphatic carbocycles. The summed E-state index contributed by atoms with van der Waals surface area (Å²) in [7, 11) is 0. The van der Waals surface area contributed by atoms with E-state index in [1.165, 1.54) is 51.4 Å². The van der Waals surface area contributed by atoms with Crippen LogP contribution in [0.15, 0.2) is 30.3 Å². The number of unbranched alkanes of at least 4 members (excludes halogenated alkanes) is 10. The van der Waals surface area contributed by atoms with E-state index in [2.05, 4.69) is 12.2 Å². The molecule has 0 aliphatic rings. The van der Waals surface area contributed by atoms with Gasteiger partial charge in [0.2, 0.25) is 11.8 Å².